The lowest BCUT2D eigenvalue weighted by Gasteiger charge is -2.32. The molecule has 1 aromatic carbocycles. The molecule has 1 aliphatic heterocycles. The lowest BCUT2D eigenvalue weighted by molar-refractivity contribution is -0.127. The Bertz CT molecular complexity index is 511. The second-order valence-electron chi connectivity index (χ2n) is 6.29. The molecule has 1 aliphatic carbocycles. The van der Waals surface area contributed by atoms with E-state index in [1.807, 2.05) is 6.07 Å². The Hall–Kier alpha value is -1.13. The van der Waals surface area contributed by atoms with Gasteiger partial charge in [0.2, 0.25) is 5.91 Å². The summed E-state index contributed by atoms with van der Waals surface area (Å²) in [6.07, 6.45) is 5.57. The molecule has 3 nitrogen and oxygen atoms in total. The number of hydrogen-bond donors (Lipinski definition) is 2. The Morgan fingerprint density at radius 2 is 1.95 bits per heavy atom. The molecule has 2 aliphatic rings. The highest BCUT2D eigenvalue weighted by Crippen LogP contribution is 2.42. The number of rotatable bonds is 3. The van der Waals surface area contributed by atoms with Gasteiger partial charge in [0.25, 0.3) is 0 Å². The van der Waals surface area contributed by atoms with Gasteiger partial charge in [-0.15, -0.1) is 12.4 Å². The maximum atomic E-state index is 14.2. The molecular formula is C17H24ClFN2O. The van der Waals surface area contributed by atoms with Crippen molar-refractivity contribution < 1.29 is 9.18 Å². The summed E-state index contributed by atoms with van der Waals surface area (Å²) >= 11 is 0. The van der Waals surface area contributed by atoms with Crippen LogP contribution in [0.4, 0.5) is 4.39 Å². The Balaban J connectivity index is 0.00000176. The van der Waals surface area contributed by atoms with Crippen LogP contribution in [-0.4, -0.2) is 25.0 Å². The van der Waals surface area contributed by atoms with Crippen molar-refractivity contribution in [2.24, 2.45) is 0 Å². The maximum Gasteiger partial charge on any atom is 0.231 e. The highest BCUT2D eigenvalue weighted by Gasteiger charge is 2.44. The number of halogens is 2. The molecule has 1 aromatic rings. The highest BCUT2D eigenvalue weighted by molar-refractivity contribution is 5.89. The van der Waals surface area contributed by atoms with E-state index in [1.54, 1.807) is 12.1 Å². The minimum atomic E-state index is -0.664. The second kappa shape index (κ2) is 7.42. The van der Waals surface area contributed by atoms with Gasteiger partial charge in [0, 0.05) is 18.2 Å². The quantitative estimate of drug-likeness (QED) is 0.896. The first-order chi connectivity index (χ1) is 10.2. The lowest BCUT2D eigenvalue weighted by atomic mass is 9.77. The normalized spacial score (nSPS) is 23.6. The Morgan fingerprint density at radius 1 is 1.23 bits per heavy atom. The third-order valence-electron chi connectivity index (χ3n) is 4.91. The second-order valence-corrected chi connectivity index (χ2v) is 6.29. The zero-order chi connectivity index (χ0) is 14.7. The number of piperidine rings is 1. The SMILES string of the molecule is Cl.O=C(N[C@H]1CCCNC1)C1(c2ccccc2F)CCCC1. The molecule has 1 saturated carbocycles. The van der Waals surface area contributed by atoms with Gasteiger partial charge < -0.3 is 10.6 Å². The molecule has 1 heterocycles. The number of hydrogen-bond acceptors (Lipinski definition) is 2. The fourth-order valence-corrected chi connectivity index (χ4v) is 3.75. The van der Waals surface area contributed by atoms with E-state index >= 15 is 0 Å². The van der Waals surface area contributed by atoms with Gasteiger partial charge >= 0.3 is 0 Å². The number of benzene rings is 1. The van der Waals surface area contributed by atoms with Crippen LogP contribution in [0.2, 0.25) is 0 Å². The Kier molecular flexibility index (Phi) is 5.81. The molecule has 22 heavy (non-hydrogen) atoms. The molecule has 1 saturated heterocycles. The summed E-state index contributed by atoms with van der Waals surface area (Å²) in [6, 6.07) is 6.93. The van der Waals surface area contributed by atoms with Crippen LogP contribution < -0.4 is 10.6 Å². The molecule has 3 rings (SSSR count). The predicted octanol–water partition coefficient (Wildman–Crippen LogP) is 2.93. The monoisotopic (exact) mass is 326 g/mol. The van der Waals surface area contributed by atoms with Gasteiger partial charge in [-0.3, -0.25) is 4.79 Å². The maximum absolute atomic E-state index is 14.2. The van der Waals surface area contributed by atoms with E-state index in [1.165, 1.54) is 6.07 Å². The van der Waals surface area contributed by atoms with Crippen molar-refractivity contribution in [1.29, 1.82) is 0 Å². The molecular weight excluding hydrogens is 303 g/mol. The molecule has 2 fully saturated rings. The third-order valence-corrected chi connectivity index (χ3v) is 4.91. The van der Waals surface area contributed by atoms with E-state index in [9.17, 15) is 9.18 Å². The molecule has 5 heteroatoms. The molecule has 1 amide bonds. The van der Waals surface area contributed by atoms with Crippen LogP contribution in [0, 0.1) is 5.82 Å². The topological polar surface area (TPSA) is 41.1 Å². The average molecular weight is 327 g/mol. The Morgan fingerprint density at radius 3 is 2.59 bits per heavy atom. The van der Waals surface area contributed by atoms with Gasteiger partial charge in [-0.2, -0.15) is 0 Å². The number of amides is 1. The number of carbonyl (C=O) groups is 1. The van der Waals surface area contributed by atoms with Crippen molar-refractivity contribution in [1.82, 2.24) is 10.6 Å². The van der Waals surface area contributed by atoms with E-state index in [2.05, 4.69) is 10.6 Å². The summed E-state index contributed by atoms with van der Waals surface area (Å²) in [5, 5.41) is 6.46. The summed E-state index contributed by atoms with van der Waals surface area (Å²) in [4.78, 5) is 12.9. The minimum absolute atomic E-state index is 0. The van der Waals surface area contributed by atoms with E-state index in [0.717, 1.165) is 51.6 Å². The average Bonchev–Trinajstić information content (AvgIpc) is 2.99. The van der Waals surface area contributed by atoms with Crippen molar-refractivity contribution in [2.75, 3.05) is 13.1 Å². The smallest absolute Gasteiger partial charge is 0.231 e. The van der Waals surface area contributed by atoms with Crippen molar-refractivity contribution in [3.63, 3.8) is 0 Å². The van der Waals surface area contributed by atoms with E-state index in [4.69, 9.17) is 0 Å². The molecule has 0 unspecified atom stereocenters. The van der Waals surface area contributed by atoms with E-state index < -0.39 is 5.41 Å². The van der Waals surface area contributed by atoms with Crippen molar-refractivity contribution in [3.8, 4) is 0 Å². The summed E-state index contributed by atoms with van der Waals surface area (Å²) in [6.45, 7) is 1.84. The summed E-state index contributed by atoms with van der Waals surface area (Å²) < 4.78 is 14.2. The van der Waals surface area contributed by atoms with Crippen LogP contribution in [0.15, 0.2) is 24.3 Å². The zero-order valence-corrected chi connectivity index (χ0v) is 13.6. The van der Waals surface area contributed by atoms with E-state index in [0.29, 0.717) is 5.56 Å². The molecule has 1 atom stereocenters. The first-order valence-electron chi connectivity index (χ1n) is 7.99. The van der Waals surface area contributed by atoms with Crippen LogP contribution >= 0.6 is 12.4 Å². The highest BCUT2D eigenvalue weighted by atomic mass is 35.5. The first kappa shape index (κ1) is 17.2. The summed E-state index contributed by atoms with van der Waals surface area (Å²) in [5.74, 6) is -0.241. The van der Waals surface area contributed by atoms with Gasteiger partial charge in [0.05, 0.1) is 5.41 Å². The lowest BCUT2D eigenvalue weighted by Crippen LogP contribution is -2.52. The van der Waals surface area contributed by atoms with Crippen molar-refractivity contribution in [2.45, 2.75) is 50.0 Å². The zero-order valence-electron chi connectivity index (χ0n) is 12.7. The fourth-order valence-electron chi connectivity index (χ4n) is 3.75. The van der Waals surface area contributed by atoms with Gasteiger partial charge in [-0.1, -0.05) is 31.0 Å². The molecule has 122 valence electrons. The molecule has 2 N–H and O–H groups in total. The van der Waals surface area contributed by atoms with Crippen LogP contribution in [0.3, 0.4) is 0 Å². The van der Waals surface area contributed by atoms with Crippen LogP contribution in [-0.2, 0) is 10.2 Å². The molecule has 0 bridgehead atoms. The van der Waals surface area contributed by atoms with Gasteiger partial charge in [0.15, 0.2) is 0 Å². The van der Waals surface area contributed by atoms with Gasteiger partial charge in [0.1, 0.15) is 5.82 Å². The van der Waals surface area contributed by atoms with Crippen LogP contribution in [0.25, 0.3) is 0 Å². The van der Waals surface area contributed by atoms with Crippen LogP contribution in [0.1, 0.15) is 44.1 Å². The van der Waals surface area contributed by atoms with E-state index in [-0.39, 0.29) is 30.2 Å². The molecule has 0 spiro atoms. The van der Waals surface area contributed by atoms with Gasteiger partial charge in [-0.05, 0) is 38.3 Å². The van der Waals surface area contributed by atoms with Crippen molar-refractivity contribution >= 4 is 18.3 Å². The minimum Gasteiger partial charge on any atom is -0.351 e. The molecule has 0 radical (unpaired) electrons. The fraction of sp³-hybridized carbons (Fsp3) is 0.588. The van der Waals surface area contributed by atoms with Crippen LogP contribution in [0.5, 0.6) is 0 Å². The summed E-state index contributed by atoms with van der Waals surface area (Å²) in [7, 11) is 0. The summed E-state index contributed by atoms with van der Waals surface area (Å²) in [5.41, 5.74) is -0.0910. The Labute approximate surface area is 137 Å². The van der Waals surface area contributed by atoms with Gasteiger partial charge in [-0.25, -0.2) is 4.39 Å². The standard InChI is InChI=1S/C17H23FN2O.ClH/c18-15-8-2-1-7-14(15)17(9-3-4-10-17)16(21)20-13-6-5-11-19-12-13;/h1-2,7-8,13,19H,3-6,9-12H2,(H,20,21);1H/t13-;/m0./s1. The first-order valence-corrected chi connectivity index (χ1v) is 7.99. The predicted molar refractivity (Wildman–Crippen MR) is 87.8 cm³/mol. The number of carbonyl (C=O) groups excluding carboxylic acids is 1. The largest absolute Gasteiger partial charge is 0.351 e. The number of nitrogens with one attached hydrogen (secondary N) is 2. The third kappa shape index (κ3) is 3.28. The molecule has 0 aromatic heterocycles. The van der Waals surface area contributed by atoms with Crippen molar-refractivity contribution in [3.05, 3.63) is 35.6 Å².